The molecule has 0 unspecified atom stereocenters. The standard InChI is InChI=1S/C15H10Cl2N2O3/c16-10-4-9(5-11(17)6-10)15(20)18-8-12-7-14(22-19-12)13-2-1-3-21-13/h1-7H,8H2,(H,18,20). The third-order valence-electron chi connectivity index (χ3n) is 2.88. The molecule has 2 aromatic heterocycles. The van der Waals surface area contributed by atoms with Gasteiger partial charge in [-0.1, -0.05) is 28.4 Å². The summed E-state index contributed by atoms with van der Waals surface area (Å²) in [5.74, 6) is 0.777. The third kappa shape index (κ3) is 3.32. The Morgan fingerprint density at radius 2 is 1.91 bits per heavy atom. The highest BCUT2D eigenvalue weighted by Crippen LogP contribution is 2.21. The summed E-state index contributed by atoms with van der Waals surface area (Å²) >= 11 is 11.7. The molecule has 0 atom stereocenters. The zero-order valence-corrected chi connectivity index (χ0v) is 12.7. The van der Waals surface area contributed by atoms with Gasteiger partial charge >= 0.3 is 0 Å². The summed E-state index contributed by atoms with van der Waals surface area (Å²) < 4.78 is 10.4. The maximum Gasteiger partial charge on any atom is 0.251 e. The van der Waals surface area contributed by atoms with E-state index in [-0.39, 0.29) is 12.5 Å². The number of nitrogens with zero attached hydrogens (tertiary/aromatic N) is 1. The van der Waals surface area contributed by atoms with Crippen LogP contribution in [0.5, 0.6) is 0 Å². The Morgan fingerprint density at radius 3 is 2.59 bits per heavy atom. The minimum absolute atomic E-state index is 0.215. The lowest BCUT2D eigenvalue weighted by atomic mass is 10.2. The van der Waals surface area contributed by atoms with Gasteiger partial charge < -0.3 is 14.3 Å². The van der Waals surface area contributed by atoms with E-state index >= 15 is 0 Å². The number of halogens is 2. The van der Waals surface area contributed by atoms with Crippen LogP contribution < -0.4 is 5.32 Å². The van der Waals surface area contributed by atoms with Gasteiger partial charge in [0.05, 0.1) is 12.8 Å². The summed E-state index contributed by atoms with van der Waals surface area (Å²) in [5.41, 5.74) is 0.958. The van der Waals surface area contributed by atoms with Crippen LogP contribution in [-0.2, 0) is 6.54 Å². The van der Waals surface area contributed by atoms with Crippen LogP contribution in [0.2, 0.25) is 10.0 Å². The first kappa shape index (κ1) is 14.7. The molecule has 3 rings (SSSR count). The topological polar surface area (TPSA) is 68.3 Å². The van der Waals surface area contributed by atoms with Crippen molar-refractivity contribution in [3.8, 4) is 11.5 Å². The molecular formula is C15H10Cl2N2O3. The van der Waals surface area contributed by atoms with E-state index in [0.29, 0.717) is 32.8 Å². The third-order valence-corrected chi connectivity index (χ3v) is 3.31. The van der Waals surface area contributed by atoms with Crippen molar-refractivity contribution in [2.75, 3.05) is 0 Å². The van der Waals surface area contributed by atoms with Gasteiger partial charge in [0.1, 0.15) is 5.69 Å². The summed E-state index contributed by atoms with van der Waals surface area (Å²) in [6.45, 7) is 0.215. The van der Waals surface area contributed by atoms with Crippen LogP contribution in [0.3, 0.4) is 0 Å². The molecule has 1 N–H and O–H groups in total. The Morgan fingerprint density at radius 1 is 1.14 bits per heavy atom. The number of nitrogens with one attached hydrogen (secondary N) is 1. The molecule has 7 heteroatoms. The van der Waals surface area contributed by atoms with Crippen LogP contribution in [0.4, 0.5) is 0 Å². The number of furan rings is 1. The highest BCUT2D eigenvalue weighted by molar-refractivity contribution is 6.35. The molecule has 0 saturated heterocycles. The van der Waals surface area contributed by atoms with Crippen LogP contribution in [0.15, 0.2) is 51.6 Å². The average molecular weight is 337 g/mol. The van der Waals surface area contributed by atoms with Crippen LogP contribution >= 0.6 is 23.2 Å². The van der Waals surface area contributed by atoms with Crippen molar-refractivity contribution in [2.24, 2.45) is 0 Å². The predicted octanol–water partition coefficient (Wildman–Crippen LogP) is 4.17. The Labute approximate surface area is 135 Å². The lowest BCUT2D eigenvalue weighted by Gasteiger charge is -2.04. The maximum absolute atomic E-state index is 12.1. The molecular weight excluding hydrogens is 327 g/mol. The number of hydrogen-bond acceptors (Lipinski definition) is 4. The van der Waals surface area contributed by atoms with Gasteiger partial charge in [0.2, 0.25) is 5.76 Å². The monoisotopic (exact) mass is 336 g/mol. The summed E-state index contributed by atoms with van der Waals surface area (Å²) in [7, 11) is 0. The normalized spacial score (nSPS) is 10.6. The number of benzene rings is 1. The Kier molecular flexibility index (Phi) is 4.18. The highest BCUT2D eigenvalue weighted by Gasteiger charge is 2.11. The molecule has 22 heavy (non-hydrogen) atoms. The van der Waals surface area contributed by atoms with Gasteiger partial charge in [0.15, 0.2) is 5.76 Å². The fraction of sp³-hybridized carbons (Fsp3) is 0.0667. The zero-order valence-electron chi connectivity index (χ0n) is 11.2. The number of hydrogen-bond donors (Lipinski definition) is 1. The van der Waals surface area contributed by atoms with E-state index in [4.69, 9.17) is 32.1 Å². The van der Waals surface area contributed by atoms with E-state index < -0.39 is 0 Å². The molecule has 0 radical (unpaired) electrons. The second-order valence-corrected chi connectivity index (χ2v) is 5.37. The van der Waals surface area contributed by atoms with Crippen LogP contribution in [0.1, 0.15) is 16.1 Å². The van der Waals surface area contributed by atoms with E-state index in [2.05, 4.69) is 10.5 Å². The predicted molar refractivity (Wildman–Crippen MR) is 81.8 cm³/mol. The Bertz CT molecular complexity index is 777. The molecule has 1 aromatic carbocycles. The average Bonchev–Trinajstić information content (AvgIpc) is 3.14. The van der Waals surface area contributed by atoms with Gasteiger partial charge in [0.25, 0.3) is 5.91 Å². The van der Waals surface area contributed by atoms with Gasteiger partial charge in [-0.2, -0.15) is 0 Å². The first-order valence-corrected chi connectivity index (χ1v) is 7.11. The summed E-state index contributed by atoms with van der Waals surface area (Å²) in [4.78, 5) is 12.1. The number of rotatable bonds is 4. The molecule has 0 bridgehead atoms. The number of carbonyl (C=O) groups excluding carboxylic acids is 1. The van der Waals surface area contributed by atoms with Crippen molar-refractivity contribution in [2.45, 2.75) is 6.54 Å². The number of amides is 1. The number of aromatic nitrogens is 1. The Hall–Kier alpha value is -2.24. The van der Waals surface area contributed by atoms with E-state index in [0.717, 1.165) is 0 Å². The van der Waals surface area contributed by atoms with Crippen molar-refractivity contribution >= 4 is 29.1 Å². The largest absolute Gasteiger partial charge is 0.461 e. The second kappa shape index (κ2) is 6.25. The van der Waals surface area contributed by atoms with E-state index in [1.54, 1.807) is 42.7 Å². The molecule has 0 spiro atoms. The van der Waals surface area contributed by atoms with E-state index in [9.17, 15) is 4.79 Å². The minimum Gasteiger partial charge on any atom is -0.461 e. The number of carbonyl (C=O) groups is 1. The SMILES string of the molecule is O=C(NCc1cc(-c2ccco2)on1)c1cc(Cl)cc(Cl)c1. The second-order valence-electron chi connectivity index (χ2n) is 4.50. The maximum atomic E-state index is 12.1. The molecule has 5 nitrogen and oxygen atoms in total. The quantitative estimate of drug-likeness (QED) is 0.776. The molecule has 0 aliphatic carbocycles. The lowest BCUT2D eigenvalue weighted by Crippen LogP contribution is -2.22. The lowest BCUT2D eigenvalue weighted by molar-refractivity contribution is 0.0950. The Balaban J connectivity index is 1.66. The first-order chi connectivity index (χ1) is 10.6. The molecule has 1 amide bonds. The summed E-state index contributed by atoms with van der Waals surface area (Å²) in [6, 6.07) is 9.86. The first-order valence-electron chi connectivity index (χ1n) is 6.35. The van der Waals surface area contributed by atoms with Crippen LogP contribution in [0, 0.1) is 0 Å². The van der Waals surface area contributed by atoms with Crippen molar-refractivity contribution < 1.29 is 13.7 Å². The van der Waals surface area contributed by atoms with E-state index in [1.165, 1.54) is 0 Å². The van der Waals surface area contributed by atoms with Crippen LogP contribution in [-0.4, -0.2) is 11.1 Å². The molecule has 0 aliphatic rings. The molecule has 112 valence electrons. The van der Waals surface area contributed by atoms with Gasteiger partial charge in [-0.05, 0) is 30.3 Å². The molecule has 2 heterocycles. The van der Waals surface area contributed by atoms with Crippen LogP contribution in [0.25, 0.3) is 11.5 Å². The van der Waals surface area contributed by atoms with Crippen molar-refractivity contribution in [3.05, 3.63) is 64.0 Å². The van der Waals surface area contributed by atoms with Gasteiger partial charge in [-0.25, -0.2) is 0 Å². The van der Waals surface area contributed by atoms with Gasteiger partial charge in [-0.3, -0.25) is 4.79 Å². The summed E-state index contributed by atoms with van der Waals surface area (Å²) in [6.07, 6.45) is 1.54. The fourth-order valence-electron chi connectivity index (χ4n) is 1.89. The van der Waals surface area contributed by atoms with Crippen molar-refractivity contribution in [3.63, 3.8) is 0 Å². The minimum atomic E-state index is -0.299. The molecule has 0 saturated carbocycles. The van der Waals surface area contributed by atoms with Crippen molar-refractivity contribution in [1.82, 2.24) is 10.5 Å². The van der Waals surface area contributed by atoms with E-state index in [1.807, 2.05) is 0 Å². The smallest absolute Gasteiger partial charge is 0.251 e. The van der Waals surface area contributed by atoms with Gasteiger partial charge in [0, 0.05) is 21.7 Å². The molecule has 0 aliphatic heterocycles. The molecule has 0 fully saturated rings. The molecule has 3 aromatic rings. The van der Waals surface area contributed by atoms with Crippen molar-refractivity contribution in [1.29, 1.82) is 0 Å². The summed E-state index contributed by atoms with van der Waals surface area (Å²) in [5, 5.41) is 7.39. The van der Waals surface area contributed by atoms with Gasteiger partial charge in [-0.15, -0.1) is 0 Å². The fourth-order valence-corrected chi connectivity index (χ4v) is 2.41. The highest BCUT2D eigenvalue weighted by atomic mass is 35.5. The zero-order chi connectivity index (χ0) is 15.5.